The maximum atomic E-state index is 12.5. The van der Waals surface area contributed by atoms with Crippen LogP contribution in [0.2, 0.25) is 0 Å². The molecule has 0 bridgehead atoms. The van der Waals surface area contributed by atoms with Gasteiger partial charge < -0.3 is 5.32 Å². The van der Waals surface area contributed by atoms with Crippen molar-refractivity contribution < 1.29 is 4.79 Å². The van der Waals surface area contributed by atoms with E-state index in [-0.39, 0.29) is 23.0 Å². The first-order valence-corrected chi connectivity index (χ1v) is 10.8. The average molecular weight is 435 g/mol. The molecular weight excluding hydrogens is 412 g/mol. The number of nitrogens with zero attached hydrogens (tertiary/aromatic N) is 4. The van der Waals surface area contributed by atoms with E-state index in [1.54, 1.807) is 0 Å². The number of fused-ring (bicyclic) bond motifs is 1. The summed E-state index contributed by atoms with van der Waals surface area (Å²) in [6.45, 7) is 5.98. The highest BCUT2D eigenvalue weighted by Crippen LogP contribution is 2.23. The van der Waals surface area contributed by atoms with Crippen molar-refractivity contribution >= 4 is 29.1 Å². The Labute approximate surface area is 183 Å². The Kier molecular flexibility index (Phi) is 5.85. The van der Waals surface area contributed by atoms with E-state index in [0.717, 1.165) is 27.9 Å². The summed E-state index contributed by atoms with van der Waals surface area (Å²) in [6, 6.07) is 13.7. The summed E-state index contributed by atoms with van der Waals surface area (Å²) in [7, 11) is 0. The van der Waals surface area contributed by atoms with Gasteiger partial charge in [-0.1, -0.05) is 59.8 Å². The molecule has 0 saturated heterocycles. The fourth-order valence-corrected chi connectivity index (χ4v) is 4.13. The topological polar surface area (TPSA) is 105 Å². The van der Waals surface area contributed by atoms with E-state index in [0.29, 0.717) is 17.3 Å². The van der Waals surface area contributed by atoms with Gasteiger partial charge in [0.05, 0.1) is 5.75 Å². The summed E-state index contributed by atoms with van der Waals surface area (Å²) in [5, 5.41) is 15.9. The standard InChI is InChI=1S/C22H22N6O2S/c1-13-9-14(2)19(15(3)10-13)23-18(29)12-31-22-26-25-21-24-20(30)17(27-28(21)22)11-16-7-5-4-6-8-16/h4-10H,11-12H2,1-3H3,(H,23,29)(H,24,25,30). The maximum Gasteiger partial charge on any atom is 0.274 e. The van der Waals surface area contributed by atoms with Crippen LogP contribution < -0.4 is 10.9 Å². The second-order valence-corrected chi connectivity index (χ2v) is 8.33. The molecule has 0 saturated carbocycles. The number of anilines is 1. The quantitative estimate of drug-likeness (QED) is 0.452. The molecule has 2 heterocycles. The van der Waals surface area contributed by atoms with Crippen LogP contribution in [-0.4, -0.2) is 36.5 Å². The number of hydrogen-bond donors (Lipinski definition) is 2. The normalized spacial score (nSPS) is 11.1. The molecule has 0 aliphatic rings. The van der Waals surface area contributed by atoms with Gasteiger partial charge in [-0.15, -0.1) is 10.2 Å². The third kappa shape index (κ3) is 4.66. The predicted octanol–water partition coefficient (Wildman–Crippen LogP) is 3.06. The Morgan fingerprint density at radius 1 is 1.10 bits per heavy atom. The first kappa shape index (κ1) is 20.8. The van der Waals surface area contributed by atoms with E-state index in [9.17, 15) is 9.59 Å². The van der Waals surface area contributed by atoms with Gasteiger partial charge in [0, 0.05) is 12.1 Å². The zero-order chi connectivity index (χ0) is 22.0. The minimum Gasteiger partial charge on any atom is -0.325 e. The number of aromatic nitrogens is 5. The van der Waals surface area contributed by atoms with Gasteiger partial charge >= 0.3 is 0 Å². The number of carbonyl (C=O) groups is 1. The van der Waals surface area contributed by atoms with Crippen molar-refractivity contribution in [3.05, 3.63) is 80.8 Å². The molecule has 0 atom stereocenters. The molecule has 1 amide bonds. The van der Waals surface area contributed by atoms with Gasteiger partial charge in [-0.05, 0) is 37.5 Å². The van der Waals surface area contributed by atoms with Crippen LogP contribution in [0.25, 0.3) is 5.78 Å². The van der Waals surface area contributed by atoms with Crippen LogP contribution in [0.5, 0.6) is 0 Å². The Morgan fingerprint density at radius 3 is 2.52 bits per heavy atom. The highest BCUT2D eigenvalue weighted by molar-refractivity contribution is 7.99. The highest BCUT2D eigenvalue weighted by atomic mass is 32.2. The molecule has 2 N–H and O–H groups in total. The summed E-state index contributed by atoms with van der Waals surface area (Å²) in [6.07, 6.45) is 0.390. The van der Waals surface area contributed by atoms with Crippen LogP contribution >= 0.6 is 11.8 Å². The van der Waals surface area contributed by atoms with Crippen molar-refractivity contribution in [2.24, 2.45) is 0 Å². The lowest BCUT2D eigenvalue weighted by molar-refractivity contribution is -0.113. The molecule has 0 fully saturated rings. The molecule has 0 radical (unpaired) electrons. The van der Waals surface area contributed by atoms with Crippen molar-refractivity contribution in [3.63, 3.8) is 0 Å². The molecular formula is C22H22N6O2S. The van der Waals surface area contributed by atoms with Crippen LogP contribution in [-0.2, 0) is 11.2 Å². The van der Waals surface area contributed by atoms with Crippen LogP contribution in [0.15, 0.2) is 52.4 Å². The van der Waals surface area contributed by atoms with E-state index < -0.39 is 0 Å². The zero-order valence-electron chi connectivity index (χ0n) is 17.5. The summed E-state index contributed by atoms with van der Waals surface area (Å²) in [5.41, 5.74) is 5.06. The number of benzene rings is 2. The Bertz CT molecular complexity index is 1290. The molecule has 4 aromatic rings. The second kappa shape index (κ2) is 8.73. The summed E-state index contributed by atoms with van der Waals surface area (Å²) >= 11 is 1.21. The molecule has 31 heavy (non-hydrogen) atoms. The van der Waals surface area contributed by atoms with Crippen molar-refractivity contribution in [1.29, 1.82) is 0 Å². The van der Waals surface area contributed by atoms with Crippen LogP contribution in [0.3, 0.4) is 0 Å². The molecule has 4 rings (SSSR count). The summed E-state index contributed by atoms with van der Waals surface area (Å²) in [5.74, 6) is 0.239. The van der Waals surface area contributed by atoms with Gasteiger partial charge in [-0.2, -0.15) is 9.61 Å². The van der Waals surface area contributed by atoms with Gasteiger partial charge in [-0.25, -0.2) is 0 Å². The molecule has 0 unspecified atom stereocenters. The van der Waals surface area contributed by atoms with Gasteiger partial charge in [-0.3, -0.25) is 14.6 Å². The molecule has 158 valence electrons. The predicted molar refractivity (Wildman–Crippen MR) is 121 cm³/mol. The smallest absolute Gasteiger partial charge is 0.274 e. The third-order valence-electron chi connectivity index (χ3n) is 4.81. The number of carbonyl (C=O) groups excluding carboxylic acids is 1. The number of H-pyrrole nitrogens is 1. The molecule has 0 aliphatic carbocycles. The van der Waals surface area contributed by atoms with Gasteiger partial charge in [0.15, 0.2) is 0 Å². The van der Waals surface area contributed by atoms with E-state index in [1.807, 2.05) is 63.2 Å². The summed E-state index contributed by atoms with van der Waals surface area (Å²) in [4.78, 5) is 27.6. The summed E-state index contributed by atoms with van der Waals surface area (Å²) < 4.78 is 1.47. The molecule has 9 heteroatoms. The number of amides is 1. The first-order chi connectivity index (χ1) is 14.9. The Balaban J connectivity index is 1.50. The number of nitrogens with one attached hydrogen (secondary N) is 2. The van der Waals surface area contributed by atoms with Crippen molar-refractivity contribution in [1.82, 2.24) is 24.8 Å². The third-order valence-corrected chi connectivity index (χ3v) is 5.73. The number of aromatic amines is 1. The first-order valence-electron chi connectivity index (χ1n) is 9.80. The fourth-order valence-electron chi connectivity index (χ4n) is 3.45. The van der Waals surface area contributed by atoms with Crippen LogP contribution in [0.1, 0.15) is 27.9 Å². The number of aryl methyl sites for hydroxylation is 3. The number of hydrogen-bond acceptors (Lipinski definition) is 6. The van der Waals surface area contributed by atoms with E-state index in [4.69, 9.17) is 0 Å². The average Bonchev–Trinajstić information content (AvgIpc) is 3.11. The molecule has 0 spiro atoms. The highest BCUT2D eigenvalue weighted by Gasteiger charge is 2.15. The SMILES string of the molecule is Cc1cc(C)c(NC(=O)CSc2nnc3[nH]c(=O)c(Cc4ccccc4)nn23)c(C)c1. The molecule has 2 aromatic carbocycles. The minimum absolute atomic E-state index is 0.141. The molecule has 2 aromatic heterocycles. The van der Waals surface area contributed by atoms with E-state index >= 15 is 0 Å². The van der Waals surface area contributed by atoms with E-state index in [1.165, 1.54) is 16.3 Å². The largest absolute Gasteiger partial charge is 0.325 e. The van der Waals surface area contributed by atoms with Gasteiger partial charge in [0.2, 0.25) is 11.1 Å². The lowest BCUT2D eigenvalue weighted by Crippen LogP contribution is -2.19. The zero-order valence-corrected chi connectivity index (χ0v) is 18.3. The van der Waals surface area contributed by atoms with Crippen molar-refractivity contribution in [3.8, 4) is 0 Å². The minimum atomic E-state index is -0.302. The van der Waals surface area contributed by atoms with Gasteiger partial charge in [0.25, 0.3) is 11.3 Å². The lowest BCUT2D eigenvalue weighted by atomic mass is 10.1. The number of rotatable bonds is 6. The van der Waals surface area contributed by atoms with Crippen molar-refractivity contribution in [2.45, 2.75) is 32.3 Å². The maximum absolute atomic E-state index is 12.5. The van der Waals surface area contributed by atoms with Gasteiger partial charge in [0.1, 0.15) is 5.69 Å². The number of thioether (sulfide) groups is 1. The molecule has 8 nitrogen and oxygen atoms in total. The monoisotopic (exact) mass is 434 g/mol. The van der Waals surface area contributed by atoms with Crippen LogP contribution in [0.4, 0.5) is 5.69 Å². The Hall–Kier alpha value is -3.46. The second-order valence-electron chi connectivity index (χ2n) is 7.39. The van der Waals surface area contributed by atoms with E-state index in [2.05, 4.69) is 25.6 Å². The molecule has 0 aliphatic heterocycles. The lowest BCUT2D eigenvalue weighted by Gasteiger charge is -2.12. The van der Waals surface area contributed by atoms with Crippen LogP contribution in [0, 0.1) is 20.8 Å². The van der Waals surface area contributed by atoms with Crippen molar-refractivity contribution in [2.75, 3.05) is 11.1 Å². The Morgan fingerprint density at radius 2 is 1.81 bits per heavy atom. The fraction of sp³-hybridized carbons (Fsp3) is 0.227.